The van der Waals surface area contributed by atoms with Crippen molar-refractivity contribution in [2.75, 3.05) is 17.2 Å². The van der Waals surface area contributed by atoms with Gasteiger partial charge < -0.3 is 10.6 Å². The summed E-state index contributed by atoms with van der Waals surface area (Å²) >= 11 is 0. The van der Waals surface area contributed by atoms with Gasteiger partial charge in [-0.1, -0.05) is 12.1 Å². The number of nitrogens with zero attached hydrogens (tertiary/aromatic N) is 1. The molecule has 23 heavy (non-hydrogen) atoms. The number of Topliss-reactive ketones (excluding diaryl/α,β-unsaturated/α-hetero) is 1. The topological polar surface area (TPSA) is 82.0 Å². The van der Waals surface area contributed by atoms with E-state index in [1.165, 1.54) is 6.92 Å². The van der Waals surface area contributed by atoms with Crippen LogP contribution in [0.3, 0.4) is 0 Å². The van der Waals surface area contributed by atoms with Crippen molar-refractivity contribution in [3.63, 3.8) is 0 Å². The molecule has 0 bridgehead atoms. The van der Waals surface area contributed by atoms with Gasteiger partial charge in [0.05, 0.1) is 11.6 Å². The molecule has 0 aliphatic carbocycles. The van der Waals surface area contributed by atoms with Gasteiger partial charge in [-0.3, -0.25) is 9.59 Å². The lowest BCUT2D eigenvalue weighted by atomic mass is 10.1. The summed E-state index contributed by atoms with van der Waals surface area (Å²) in [6.07, 6.45) is 0.296. The molecule has 0 aliphatic rings. The minimum absolute atomic E-state index is 0.0384. The standard InChI is InChI=1S/C18H17N3O2/c1-13(22)15-3-2-4-17(11-15)21-18(23)9-10-20-16-7-5-14(12-19)6-8-16/h2-8,11,20H,9-10H2,1H3,(H,21,23). The summed E-state index contributed by atoms with van der Waals surface area (Å²) in [4.78, 5) is 23.2. The minimum Gasteiger partial charge on any atom is -0.385 e. The van der Waals surface area contributed by atoms with Crippen LogP contribution in [0.25, 0.3) is 0 Å². The van der Waals surface area contributed by atoms with Gasteiger partial charge in [0.25, 0.3) is 0 Å². The van der Waals surface area contributed by atoms with E-state index in [1.54, 1.807) is 48.5 Å². The highest BCUT2D eigenvalue weighted by Crippen LogP contribution is 2.12. The number of nitriles is 1. The van der Waals surface area contributed by atoms with Crippen molar-refractivity contribution < 1.29 is 9.59 Å². The van der Waals surface area contributed by atoms with E-state index in [-0.39, 0.29) is 11.7 Å². The van der Waals surface area contributed by atoms with E-state index in [0.717, 1.165) is 5.69 Å². The van der Waals surface area contributed by atoms with E-state index in [9.17, 15) is 9.59 Å². The Labute approximate surface area is 134 Å². The fraction of sp³-hybridized carbons (Fsp3) is 0.167. The van der Waals surface area contributed by atoms with Crippen molar-refractivity contribution in [3.05, 3.63) is 59.7 Å². The first-order valence-electron chi connectivity index (χ1n) is 7.23. The number of hydrogen-bond donors (Lipinski definition) is 2. The first-order valence-corrected chi connectivity index (χ1v) is 7.23. The highest BCUT2D eigenvalue weighted by molar-refractivity contribution is 5.97. The predicted octanol–water partition coefficient (Wildman–Crippen LogP) is 3.20. The van der Waals surface area contributed by atoms with E-state index >= 15 is 0 Å². The summed E-state index contributed by atoms with van der Waals surface area (Å²) < 4.78 is 0. The highest BCUT2D eigenvalue weighted by atomic mass is 16.1. The van der Waals surface area contributed by atoms with Gasteiger partial charge in [0.1, 0.15) is 0 Å². The molecule has 0 saturated heterocycles. The van der Waals surface area contributed by atoms with Gasteiger partial charge in [-0.2, -0.15) is 5.26 Å². The molecule has 0 saturated carbocycles. The van der Waals surface area contributed by atoms with Crippen molar-refractivity contribution in [1.29, 1.82) is 5.26 Å². The van der Waals surface area contributed by atoms with Gasteiger partial charge in [0, 0.05) is 29.9 Å². The van der Waals surface area contributed by atoms with E-state index in [2.05, 4.69) is 16.7 Å². The van der Waals surface area contributed by atoms with Gasteiger partial charge >= 0.3 is 0 Å². The maximum absolute atomic E-state index is 11.9. The van der Waals surface area contributed by atoms with Crippen LogP contribution in [-0.4, -0.2) is 18.2 Å². The lowest BCUT2D eigenvalue weighted by Gasteiger charge is -2.08. The summed E-state index contributed by atoms with van der Waals surface area (Å²) in [5, 5.41) is 14.6. The summed E-state index contributed by atoms with van der Waals surface area (Å²) in [6, 6.07) is 15.9. The number of amides is 1. The molecule has 116 valence electrons. The molecule has 0 unspecified atom stereocenters. The summed E-state index contributed by atoms with van der Waals surface area (Å²) in [7, 11) is 0. The Morgan fingerprint density at radius 1 is 1.09 bits per heavy atom. The lowest BCUT2D eigenvalue weighted by molar-refractivity contribution is -0.115. The normalized spacial score (nSPS) is 9.74. The van der Waals surface area contributed by atoms with Crippen LogP contribution < -0.4 is 10.6 Å². The molecule has 0 heterocycles. The van der Waals surface area contributed by atoms with Crippen LogP contribution in [0.4, 0.5) is 11.4 Å². The van der Waals surface area contributed by atoms with Crippen molar-refractivity contribution in [2.24, 2.45) is 0 Å². The lowest BCUT2D eigenvalue weighted by Crippen LogP contribution is -2.16. The zero-order chi connectivity index (χ0) is 16.7. The maximum atomic E-state index is 11.9. The number of benzene rings is 2. The maximum Gasteiger partial charge on any atom is 0.226 e. The molecule has 0 radical (unpaired) electrons. The van der Waals surface area contributed by atoms with Crippen LogP contribution in [-0.2, 0) is 4.79 Å². The molecule has 5 heteroatoms. The molecule has 0 fully saturated rings. The van der Waals surface area contributed by atoms with Crippen LogP contribution in [0.1, 0.15) is 29.3 Å². The molecule has 0 aromatic heterocycles. The smallest absolute Gasteiger partial charge is 0.226 e. The summed E-state index contributed by atoms with van der Waals surface area (Å²) in [5.41, 5.74) is 2.63. The average molecular weight is 307 g/mol. The number of ketones is 1. The van der Waals surface area contributed by atoms with E-state index in [1.807, 2.05) is 0 Å². The number of rotatable bonds is 6. The molecule has 2 aromatic rings. The molecule has 5 nitrogen and oxygen atoms in total. The Morgan fingerprint density at radius 2 is 1.83 bits per heavy atom. The van der Waals surface area contributed by atoms with Crippen molar-refractivity contribution in [2.45, 2.75) is 13.3 Å². The highest BCUT2D eigenvalue weighted by Gasteiger charge is 2.05. The van der Waals surface area contributed by atoms with Gasteiger partial charge in [-0.15, -0.1) is 0 Å². The zero-order valence-corrected chi connectivity index (χ0v) is 12.8. The Bertz CT molecular complexity index is 746. The summed E-state index contributed by atoms with van der Waals surface area (Å²) in [5.74, 6) is -0.171. The van der Waals surface area contributed by atoms with Crippen molar-refractivity contribution in [3.8, 4) is 6.07 Å². The molecular formula is C18H17N3O2. The Balaban J connectivity index is 1.82. The van der Waals surface area contributed by atoms with Gasteiger partial charge in [0.2, 0.25) is 5.91 Å². The molecule has 2 N–H and O–H groups in total. The second kappa shape index (κ2) is 7.76. The van der Waals surface area contributed by atoms with Crippen LogP contribution in [0.5, 0.6) is 0 Å². The summed E-state index contributed by atoms with van der Waals surface area (Å²) in [6.45, 7) is 1.96. The molecular weight excluding hydrogens is 290 g/mol. The first-order chi connectivity index (χ1) is 11.1. The molecule has 2 rings (SSSR count). The third-order valence-electron chi connectivity index (χ3n) is 3.25. The number of nitrogens with one attached hydrogen (secondary N) is 2. The van der Waals surface area contributed by atoms with E-state index in [4.69, 9.17) is 5.26 Å². The quantitative estimate of drug-likeness (QED) is 0.803. The first kappa shape index (κ1) is 16.2. The number of hydrogen-bond acceptors (Lipinski definition) is 4. The minimum atomic E-state index is -0.133. The third kappa shape index (κ3) is 4.97. The van der Waals surface area contributed by atoms with E-state index < -0.39 is 0 Å². The van der Waals surface area contributed by atoms with Crippen molar-refractivity contribution in [1.82, 2.24) is 0 Å². The molecule has 0 atom stereocenters. The molecule has 1 amide bonds. The number of anilines is 2. The average Bonchev–Trinajstić information content (AvgIpc) is 2.55. The molecule has 0 spiro atoms. The Kier molecular flexibility index (Phi) is 5.48. The van der Waals surface area contributed by atoms with Gasteiger partial charge in [-0.25, -0.2) is 0 Å². The number of carbonyl (C=O) groups excluding carboxylic acids is 2. The molecule has 0 aliphatic heterocycles. The van der Waals surface area contributed by atoms with Crippen LogP contribution >= 0.6 is 0 Å². The van der Waals surface area contributed by atoms with Gasteiger partial charge in [0.15, 0.2) is 5.78 Å². The third-order valence-corrected chi connectivity index (χ3v) is 3.25. The second-order valence-electron chi connectivity index (χ2n) is 5.05. The Morgan fingerprint density at radius 3 is 2.48 bits per heavy atom. The SMILES string of the molecule is CC(=O)c1cccc(NC(=O)CCNc2ccc(C#N)cc2)c1. The van der Waals surface area contributed by atoms with Crippen LogP contribution in [0.15, 0.2) is 48.5 Å². The molecule has 2 aromatic carbocycles. The van der Waals surface area contributed by atoms with Gasteiger partial charge in [-0.05, 0) is 43.3 Å². The monoisotopic (exact) mass is 307 g/mol. The van der Waals surface area contributed by atoms with Crippen LogP contribution in [0.2, 0.25) is 0 Å². The largest absolute Gasteiger partial charge is 0.385 e. The second-order valence-corrected chi connectivity index (χ2v) is 5.05. The number of carbonyl (C=O) groups is 2. The van der Waals surface area contributed by atoms with E-state index in [0.29, 0.717) is 29.8 Å². The zero-order valence-electron chi connectivity index (χ0n) is 12.8. The Hall–Kier alpha value is -3.13. The predicted molar refractivity (Wildman–Crippen MR) is 89.3 cm³/mol. The fourth-order valence-corrected chi connectivity index (χ4v) is 2.02. The van der Waals surface area contributed by atoms with Crippen LogP contribution in [0, 0.1) is 11.3 Å². The fourth-order valence-electron chi connectivity index (χ4n) is 2.02. The van der Waals surface area contributed by atoms with Crippen molar-refractivity contribution >= 4 is 23.1 Å².